The minimum atomic E-state index is -0.360. The van der Waals surface area contributed by atoms with E-state index in [-0.39, 0.29) is 11.4 Å². The van der Waals surface area contributed by atoms with Crippen LogP contribution in [0.2, 0.25) is 0 Å². The maximum Gasteiger partial charge on any atom is 0.248 e. The van der Waals surface area contributed by atoms with Gasteiger partial charge in [0.2, 0.25) is 5.91 Å². The molecular weight excluding hydrogens is 224 g/mol. The molecule has 1 fully saturated rings. The Bertz CT molecular complexity index is 422. The highest BCUT2D eigenvalue weighted by Gasteiger charge is 2.25. The molecule has 98 valence electrons. The van der Waals surface area contributed by atoms with Gasteiger partial charge >= 0.3 is 0 Å². The molecule has 0 saturated heterocycles. The van der Waals surface area contributed by atoms with Crippen LogP contribution in [0.4, 0.5) is 0 Å². The van der Waals surface area contributed by atoms with Crippen molar-refractivity contribution in [3.8, 4) is 0 Å². The Hall–Kier alpha value is -1.35. The number of carbonyl (C=O) groups is 1. The number of primary amides is 1. The van der Waals surface area contributed by atoms with E-state index < -0.39 is 0 Å². The number of carbonyl (C=O) groups excluding carboxylic acids is 1. The van der Waals surface area contributed by atoms with Gasteiger partial charge in [0, 0.05) is 17.6 Å². The Kier molecular flexibility index (Phi) is 4.02. The molecule has 0 unspecified atom stereocenters. The number of hydrogen-bond donors (Lipinski definition) is 2. The lowest BCUT2D eigenvalue weighted by Gasteiger charge is -2.34. The Morgan fingerprint density at radius 1 is 1.33 bits per heavy atom. The molecule has 1 aliphatic carbocycles. The molecule has 18 heavy (non-hydrogen) atoms. The molecule has 0 heterocycles. The summed E-state index contributed by atoms with van der Waals surface area (Å²) in [6, 6.07) is 7.56. The van der Waals surface area contributed by atoms with E-state index in [1.165, 1.54) is 32.1 Å². The van der Waals surface area contributed by atoms with Crippen molar-refractivity contribution in [1.29, 1.82) is 0 Å². The van der Waals surface area contributed by atoms with Gasteiger partial charge in [-0.25, -0.2) is 0 Å². The molecule has 3 heteroatoms. The van der Waals surface area contributed by atoms with Gasteiger partial charge in [-0.1, -0.05) is 31.4 Å². The summed E-state index contributed by atoms with van der Waals surface area (Å²) in [4.78, 5) is 11.1. The van der Waals surface area contributed by atoms with Crippen molar-refractivity contribution < 1.29 is 4.79 Å². The molecule has 2 rings (SSSR count). The van der Waals surface area contributed by atoms with Gasteiger partial charge in [0.25, 0.3) is 0 Å². The summed E-state index contributed by atoms with van der Waals surface area (Å²) in [7, 11) is 0. The van der Waals surface area contributed by atoms with Crippen LogP contribution in [0.3, 0.4) is 0 Å². The Balaban J connectivity index is 1.97. The zero-order valence-corrected chi connectivity index (χ0v) is 11.0. The van der Waals surface area contributed by atoms with E-state index in [0.717, 1.165) is 12.1 Å². The first kappa shape index (κ1) is 13.1. The average Bonchev–Trinajstić information content (AvgIpc) is 2.38. The van der Waals surface area contributed by atoms with Gasteiger partial charge in [0.05, 0.1) is 0 Å². The van der Waals surface area contributed by atoms with E-state index >= 15 is 0 Å². The van der Waals surface area contributed by atoms with Gasteiger partial charge < -0.3 is 11.1 Å². The fourth-order valence-electron chi connectivity index (χ4n) is 2.66. The zero-order valence-electron chi connectivity index (χ0n) is 11.0. The first-order valence-corrected chi connectivity index (χ1v) is 6.73. The molecule has 1 saturated carbocycles. The van der Waals surface area contributed by atoms with Crippen molar-refractivity contribution in [3.05, 3.63) is 35.4 Å². The van der Waals surface area contributed by atoms with Gasteiger partial charge in [-0.3, -0.25) is 4.79 Å². The fraction of sp³-hybridized carbons (Fsp3) is 0.533. The lowest BCUT2D eigenvalue weighted by atomic mass is 9.83. The number of rotatable bonds is 4. The quantitative estimate of drug-likeness (QED) is 0.858. The van der Waals surface area contributed by atoms with Crippen LogP contribution in [-0.2, 0) is 6.54 Å². The molecule has 1 aromatic carbocycles. The van der Waals surface area contributed by atoms with Gasteiger partial charge in [-0.2, -0.15) is 0 Å². The Morgan fingerprint density at radius 3 is 2.72 bits per heavy atom. The highest BCUT2D eigenvalue weighted by Crippen LogP contribution is 2.27. The van der Waals surface area contributed by atoms with Crippen LogP contribution in [0.25, 0.3) is 0 Å². The molecule has 3 nitrogen and oxygen atoms in total. The van der Waals surface area contributed by atoms with Gasteiger partial charge in [-0.15, -0.1) is 0 Å². The summed E-state index contributed by atoms with van der Waals surface area (Å²) in [5.41, 5.74) is 7.25. The predicted octanol–water partition coefficient (Wildman–Crippen LogP) is 2.60. The standard InChI is InChI=1S/C15H22N2O/c1-15(8-3-2-4-9-15)17-11-12-6-5-7-13(10-12)14(16)18/h5-7,10,17H,2-4,8-9,11H2,1H3,(H2,16,18). The highest BCUT2D eigenvalue weighted by atomic mass is 16.1. The van der Waals surface area contributed by atoms with Crippen molar-refractivity contribution in [2.24, 2.45) is 5.73 Å². The molecule has 3 N–H and O–H groups in total. The van der Waals surface area contributed by atoms with Crippen LogP contribution in [0.15, 0.2) is 24.3 Å². The number of nitrogens with one attached hydrogen (secondary N) is 1. The molecule has 0 aromatic heterocycles. The summed E-state index contributed by atoms with van der Waals surface area (Å²) in [6.07, 6.45) is 6.45. The minimum Gasteiger partial charge on any atom is -0.366 e. The lowest BCUT2D eigenvalue weighted by Crippen LogP contribution is -2.43. The Morgan fingerprint density at radius 2 is 2.06 bits per heavy atom. The summed E-state index contributed by atoms with van der Waals surface area (Å²) in [5.74, 6) is -0.360. The van der Waals surface area contributed by atoms with Crippen LogP contribution in [0.1, 0.15) is 54.9 Å². The maximum atomic E-state index is 11.1. The minimum absolute atomic E-state index is 0.251. The molecule has 0 bridgehead atoms. The van der Waals surface area contributed by atoms with E-state index in [0.29, 0.717) is 5.56 Å². The lowest BCUT2D eigenvalue weighted by molar-refractivity contribution is 0.1000. The molecule has 0 atom stereocenters. The SMILES string of the molecule is CC1(NCc2cccc(C(N)=O)c2)CCCCC1. The van der Waals surface area contributed by atoms with Crippen LogP contribution >= 0.6 is 0 Å². The smallest absolute Gasteiger partial charge is 0.248 e. The van der Waals surface area contributed by atoms with E-state index in [2.05, 4.69) is 12.2 Å². The first-order valence-electron chi connectivity index (χ1n) is 6.73. The van der Waals surface area contributed by atoms with Crippen LogP contribution in [-0.4, -0.2) is 11.4 Å². The molecule has 0 spiro atoms. The second kappa shape index (κ2) is 5.53. The normalized spacial score (nSPS) is 18.5. The van der Waals surface area contributed by atoms with Crippen molar-refractivity contribution in [1.82, 2.24) is 5.32 Å². The number of hydrogen-bond acceptors (Lipinski definition) is 2. The van der Waals surface area contributed by atoms with Gasteiger partial charge in [0.1, 0.15) is 0 Å². The Labute approximate surface area is 109 Å². The maximum absolute atomic E-state index is 11.1. The number of benzene rings is 1. The fourth-order valence-corrected chi connectivity index (χ4v) is 2.66. The van der Waals surface area contributed by atoms with E-state index in [4.69, 9.17) is 5.73 Å². The van der Waals surface area contributed by atoms with E-state index in [9.17, 15) is 4.79 Å². The van der Waals surface area contributed by atoms with Gasteiger partial charge in [-0.05, 0) is 37.5 Å². The largest absolute Gasteiger partial charge is 0.366 e. The summed E-state index contributed by atoms with van der Waals surface area (Å²) < 4.78 is 0. The third kappa shape index (κ3) is 3.33. The van der Waals surface area contributed by atoms with Crippen molar-refractivity contribution in [2.45, 2.75) is 51.1 Å². The second-order valence-corrected chi connectivity index (χ2v) is 5.54. The second-order valence-electron chi connectivity index (χ2n) is 5.54. The highest BCUT2D eigenvalue weighted by molar-refractivity contribution is 5.92. The van der Waals surface area contributed by atoms with Gasteiger partial charge in [0.15, 0.2) is 0 Å². The monoisotopic (exact) mass is 246 g/mol. The molecular formula is C15H22N2O. The first-order chi connectivity index (χ1) is 8.59. The molecule has 0 radical (unpaired) electrons. The van der Waals surface area contributed by atoms with Crippen molar-refractivity contribution >= 4 is 5.91 Å². The van der Waals surface area contributed by atoms with Crippen molar-refractivity contribution in [3.63, 3.8) is 0 Å². The van der Waals surface area contributed by atoms with Crippen LogP contribution in [0, 0.1) is 0 Å². The van der Waals surface area contributed by atoms with E-state index in [1.807, 2.05) is 18.2 Å². The molecule has 1 aromatic rings. The molecule has 1 aliphatic rings. The predicted molar refractivity (Wildman–Crippen MR) is 73.3 cm³/mol. The third-order valence-electron chi connectivity index (χ3n) is 3.89. The summed E-state index contributed by atoms with van der Waals surface area (Å²) in [5, 5.41) is 3.63. The number of nitrogens with two attached hydrogens (primary N) is 1. The van der Waals surface area contributed by atoms with Crippen molar-refractivity contribution in [2.75, 3.05) is 0 Å². The molecule has 1 amide bonds. The molecule has 0 aliphatic heterocycles. The van der Waals surface area contributed by atoms with Crippen LogP contribution in [0.5, 0.6) is 0 Å². The summed E-state index contributed by atoms with van der Waals surface area (Å²) in [6.45, 7) is 3.10. The topological polar surface area (TPSA) is 55.1 Å². The van der Waals surface area contributed by atoms with Crippen LogP contribution < -0.4 is 11.1 Å². The average molecular weight is 246 g/mol. The zero-order chi connectivity index (χ0) is 13.0. The number of amides is 1. The summed E-state index contributed by atoms with van der Waals surface area (Å²) >= 11 is 0. The third-order valence-corrected chi connectivity index (χ3v) is 3.89. The van der Waals surface area contributed by atoms with E-state index in [1.54, 1.807) is 6.07 Å².